The minimum absolute atomic E-state index is 0.314. The quantitative estimate of drug-likeness (QED) is 0.636. The predicted octanol–water partition coefficient (Wildman–Crippen LogP) is 2.80. The lowest BCUT2D eigenvalue weighted by atomic mass is 10.2. The summed E-state index contributed by atoms with van der Waals surface area (Å²) >= 11 is 5.89. The molecule has 0 aliphatic carbocycles. The number of anilines is 2. The molecule has 0 aliphatic heterocycles. The van der Waals surface area contributed by atoms with Gasteiger partial charge in [0.15, 0.2) is 0 Å². The van der Waals surface area contributed by atoms with Crippen LogP contribution in [0.2, 0.25) is 5.02 Å². The summed E-state index contributed by atoms with van der Waals surface area (Å²) in [5.41, 5.74) is 1.55. The van der Waals surface area contributed by atoms with E-state index in [2.05, 4.69) is 20.8 Å². The van der Waals surface area contributed by atoms with Crippen LogP contribution in [0.15, 0.2) is 42.6 Å². The second-order valence-electron chi connectivity index (χ2n) is 4.92. The van der Waals surface area contributed by atoms with Crippen molar-refractivity contribution >= 4 is 45.7 Å². The third kappa shape index (κ3) is 3.31. The molecule has 0 atom stereocenters. The number of amides is 2. The number of H-pyrrole nitrogens is 1. The monoisotopic (exact) mass is 344 g/mol. The molecule has 0 saturated carbocycles. The van der Waals surface area contributed by atoms with Crippen LogP contribution in [0.5, 0.6) is 5.75 Å². The van der Waals surface area contributed by atoms with Gasteiger partial charge in [0.2, 0.25) is 0 Å². The van der Waals surface area contributed by atoms with Crippen LogP contribution in [-0.2, 0) is 9.59 Å². The second-order valence-corrected chi connectivity index (χ2v) is 5.36. The molecule has 3 N–H and O–H groups in total. The highest BCUT2D eigenvalue weighted by molar-refractivity contribution is 6.44. The number of aromatic amines is 1. The van der Waals surface area contributed by atoms with E-state index >= 15 is 0 Å². The summed E-state index contributed by atoms with van der Waals surface area (Å²) < 4.78 is 5.12. The van der Waals surface area contributed by atoms with Gasteiger partial charge >= 0.3 is 11.8 Å². The fourth-order valence-corrected chi connectivity index (χ4v) is 2.33. The van der Waals surface area contributed by atoms with Gasteiger partial charge in [0.1, 0.15) is 5.75 Å². The van der Waals surface area contributed by atoms with E-state index < -0.39 is 11.8 Å². The molecule has 1 heterocycles. The lowest BCUT2D eigenvalue weighted by molar-refractivity contribution is -0.133. The Morgan fingerprint density at radius 1 is 1.12 bits per heavy atom. The standard InChI is InChI=1S/C16H13ClN4O3/c1-24-14-5-3-10(17)6-13(14)20-16(23)15(22)19-11-4-2-9-8-18-21-12(9)7-11/h2-8H,1H3,(H,18,21)(H,19,22)(H,20,23). The SMILES string of the molecule is COc1ccc(Cl)cc1NC(=O)C(=O)Nc1ccc2cn[nH]c2c1. The maximum Gasteiger partial charge on any atom is 0.314 e. The Balaban J connectivity index is 1.72. The van der Waals surface area contributed by atoms with Gasteiger partial charge in [0, 0.05) is 16.1 Å². The molecule has 3 aromatic rings. The molecule has 0 aliphatic rings. The van der Waals surface area contributed by atoms with Crippen molar-refractivity contribution in [2.75, 3.05) is 17.7 Å². The first-order chi connectivity index (χ1) is 11.6. The molecule has 3 rings (SSSR count). The van der Waals surface area contributed by atoms with Gasteiger partial charge in [0.25, 0.3) is 0 Å². The zero-order valence-electron chi connectivity index (χ0n) is 12.6. The highest BCUT2D eigenvalue weighted by Crippen LogP contribution is 2.27. The first-order valence-corrected chi connectivity index (χ1v) is 7.33. The summed E-state index contributed by atoms with van der Waals surface area (Å²) in [6.07, 6.45) is 1.67. The van der Waals surface area contributed by atoms with Crippen molar-refractivity contribution in [1.29, 1.82) is 0 Å². The third-order valence-electron chi connectivity index (χ3n) is 3.32. The summed E-state index contributed by atoms with van der Waals surface area (Å²) in [7, 11) is 1.46. The van der Waals surface area contributed by atoms with Gasteiger partial charge in [0.05, 0.1) is 24.5 Å². The van der Waals surface area contributed by atoms with Gasteiger partial charge in [-0.2, -0.15) is 5.10 Å². The van der Waals surface area contributed by atoms with E-state index in [1.807, 2.05) is 0 Å². The molecule has 122 valence electrons. The van der Waals surface area contributed by atoms with E-state index in [1.165, 1.54) is 13.2 Å². The molecule has 0 bridgehead atoms. The lowest BCUT2D eigenvalue weighted by Crippen LogP contribution is -2.29. The molecule has 1 aromatic heterocycles. The summed E-state index contributed by atoms with van der Waals surface area (Å²) in [5.74, 6) is -1.24. The van der Waals surface area contributed by atoms with Gasteiger partial charge in [-0.15, -0.1) is 0 Å². The average Bonchev–Trinajstić information content (AvgIpc) is 3.02. The van der Waals surface area contributed by atoms with Crippen LogP contribution < -0.4 is 15.4 Å². The molecular weight excluding hydrogens is 332 g/mol. The highest BCUT2D eigenvalue weighted by Gasteiger charge is 2.16. The van der Waals surface area contributed by atoms with Crippen LogP contribution in [0.4, 0.5) is 11.4 Å². The van der Waals surface area contributed by atoms with E-state index in [0.29, 0.717) is 22.1 Å². The largest absolute Gasteiger partial charge is 0.495 e. The number of nitrogens with zero attached hydrogens (tertiary/aromatic N) is 1. The first kappa shape index (κ1) is 15.8. The highest BCUT2D eigenvalue weighted by atomic mass is 35.5. The number of halogens is 1. The number of aromatic nitrogens is 2. The number of ether oxygens (including phenoxy) is 1. The van der Waals surface area contributed by atoms with Crippen LogP contribution in [0, 0.1) is 0 Å². The van der Waals surface area contributed by atoms with Crippen LogP contribution in [0.25, 0.3) is 10.9 Å². The lowest BCUT2D eigenvalue weighted by Gasteiger charge is -2.10. The zero-order valence-corrected chi connectivity index (χ0v) is 13.3. The molecule has 8 heteroatoms. The molecule has 2 aromatic carbocycles. The van der Waals surface area contributed by atoms with Crippen molar-refractivity contribution in [1.82, 2.24) is 10.2 Å². The molecule has 0 saturated heterocycles. The van der Waals surface area contributed by atoms with Crippen molar-refractivity contribution in [2.45, 2.75) is 0 Å². The Hall–Kier alpha value is -3.06. The van der Waals surface area contributed by atoms with Crippen molar-refractivity contribution in [3.05, 3.63) is 47.6 Å². The molecule has 0 unspecified atom stereocenters. The van der Waals surface area contributed by atoms with Crippen LogP contribution in [0.1, 0.15) is 0 Å². The number of hydrogen-bond acceptors (Lipinski definition) is 4. The van der Waals surface area contributed by atoms with E-state index in [0.717, 1.165) is 10.9 Å². The van der Waals surface area contributed by atoms with Gasteiger partial charge in [-0.05, 0) is 36.4 Å². The second kappa shape index (κ2) is 6.59. The van der Waals surface area contributed by atoms with Crippen LogP contribution in [-0.4, -0.2) is 29.1 Å². The number of benzene rings is 2. The smallest absolute Gasteiger partial charge is 0.314 e. The van der Waals surface area contributed by atoms with Gasteiger partial charge in [-0.25, -0.2) is 0 Å². The minimum Gasteiger partial charge on any atom is -0.495 e. The van der Waals surface area contributed by atoms with Gasteiger partial charge in [-0.1, -0.05) is 11.6 Å². The topological polar surface area (TPSA) is 96.1 Å². The average molecular weight is 345 g/mol. The number of methoxy groups -OCH3 is 1. The first-order valence-electron chi connectivity index (χ1n) is 6.96. The summed E-state index contributed by atoms with van der Waals surface area (Å²) in [5, 5.41) is 13.0. The van der Waals surface area contributed by atoms with Crippen molar-refractivity contribution < 1.29 is 14.3 Å². The van der Waals surface area contributed by atoms with E-state index in [1.54, 1.807) is 36.5 Å². The molecular formula is C16H13ClN4O3. The van der Waals surface area contributed by atoms with Crippen molar-refractivity contribution in [3.63, 3.8) is 0 Å². The number of nitrogens with one attached hydrogen (secondary N) is 3. The number of rotatable bonds is 3. The maximum absolute atomic E-state index is 12.1. The van der Waals surface area contributed by atoms with Gasteiger partial charge < -0.3 is 15.4 Å². The van der Waals surface area contributed by atoms with Crippen LogP contribution in [0.3, 0.4) is 0 Å². The molecule has 2 amide bonds. The third-order valence-corrected chi connectivity index (χ3v) is 3.55. The fourth-order valence-electron chi connectivity index (χ4n) is 2.16. The predicted molar refractivity (Wildman–Crippen MR) is 91.4 cm³/mol. The molecule has 7 nitrogen and oxygen atoms in total. The van der Waals surface area contributed by atoms with Gasteiger partial charge in [-0.3, -0.25) is 14.7 Å². The number of hydrogen-bond donors (Lipinski definition) is 3. The number of carbonyl (C=O) groups is 2. The molecule has 24 heavy (non-hydrogen) atoms. The number of fused-ring (bicyclic) bond motifs is 1. The van der Waals surface area contributed by atoms with Crippen molar-refractivity contribution in [2.24, 2.45) is 0 Å². The Kier molecular flexibility index (Phi) is 4.35. The number of carbonyl (C=O) groups excluding carboxylic acids is 2. The zero-order chi connectivity index (χ0) is 17.1. The minimum atomic E-state index is -0.833. The Labute approximate surface area is 142 Å². The molecule has 0 spiro atoms. The van der Waals surface area contributed by atoms with E-state index in [4.69, 9.17) is 16.3 Å². The van der Waals surface area contributed by atoms with Crippen molar-refractivity contribution in [3.8, 4) is 5.75 Å². The van der Waals surface area contributed by atoms with Crippen LogP contribution >= 0.6 is 11.6 Å². The Morgan fingerprint density at radius 2 is 1.92 bits per heavy atom. The van der Waals surface area contributed by atoms with E-state index in [9.17, 15) is 9.59 Å². The Morgan fingerprint density at radius 3 is 2.71 bits per heavy atom. The Bertz CT molecular complexity index is 923. The summed E-state index contributed by atoms with van der Waals surface area (Å²) in [6.45, 7) is 0. The molecule has 0 radical (unpaired) electrons. The maximum atomic E-state index is 12.1. The van der Waals surface area contributed by atoms with E-state index in [-0.39, 0.29) is 0 Å². The molecule has 0 fully saturated rings. The fraction of sp³-hybridized carbons (Fsp3) is 0.0625. The summed E-state index contributed by atoms with van der Waals surface area (Å²) in [4.78, 5) is 24.1. The summed E-state index contributed by atoms with van der Waals surface area (Å²) in [6, 6.07) is 9.88. The normalized spacial score (nSPS) is 10.4.